The minimum atomic E-state index is -3.59. The first-order valence-electron chi connectivity index (χ1n) is 6.74. The molecule has 0 aromatic heterocycles. The van der Waals surface area contributed by atoms with E-state index in [-0.39, 0.29) is 23.6 Å². The van der Waals surface area contributed by atoms with Gasteiger partial charge in [-0.25, -0.2) is 8.42 Å². The lowest BCUT2D eigenvalue weighted by atomic mass is 10.1. The fourth-order valence-electron chi connectivity index (χ4n) is 2.26. The first kappa shape index (κ1) is 15.9. The van der Waals surface area contributed by atoms with Gasteiger partial charge in [0.15, 0.2) is 0 Å². The van der Waals surface area contributed by atoms with Crippen LogP contribution in [0.3, 0.4) is 0 Å². The molecule has 1 heterocycles. The number of hydrogen-bond donors (Lipinski definition) is 1. The number of hydrogen-bond acceptors (Lipinski definition) is 5. The van der Waals surface area contributed by atoms with Gasteiger partial charge < -0.3 is 10.5 Å². The van der Waals surface area contributed by atoms with Gasteiger partial charge in [0.2, 0.25) is 10.0 Å². The molecule has 0 bridgehead atoms. The highest BCUT2D eigenvalue weighted by atomic mass is 32.2. The second-order valence-corrected chi connectivity index (χ2v) is 7.16. The topological polar surface area (TPSA) is 96.4 Å². The van der Waals surface area contributed by atoms with E-state index in [0.29, 0.717) is 24.3 Å². The SMILES string of the molecule is Cc1cc(S(=O)(=O)N2CCOC(C(C)N)C2)ccc1C#N. The lowest BCUT2D eigenvalue weighted by Crippen LogP contribution is -2.51. The summed E-state index contributed by atoms with van der Waals surface area (Å²) in [5.41, 5.74) is 6.92. The highest BCUT2D eigenvalue weighted by Crippen LogP contribution is 2.21. The molecule has 21 heavy (non-hydrogen) atoms. The summed E-state index contributed by atoms with van der Waals surface area (Å²) in [6.45, 7) is 4.42. The molecule has 1 aromatic rings. The van der Waals surface area contributed by atoms with Crippen molar-refractivity contribution in [2.75, 3.05) is 19.7 Å². The number of nitrogens with zero attached hydrogens (tertiary/aromatic N) is 2. The second-order valence-electron chi connectivity index (χ2n) is 5.22. The zero-order valence-corrected chi connectivity index (χ0v) is 12.9. The molecule has 1 fully saturated rings. The van der Waals surface area contributed by atoms with Crippen LogP contribution in [0.5, 0.6) is 0 Å². The summed E-state index contributed by atoms with van der Waals surface area (Å²) in [4.78, 5) is 0.198. The average Bonchev–Trinajstić information content (AvgIpc) is 2.47. The molecule has 114 valence electrons. The summed E-state index contributed by atoms with van der Waals surface area (Å²) in [5, 5.41) is 8.92. The van der Waals surface area contributed by atoms with Crippen molar-refractivity contribution in [3.05, 3.63) is 29.3 Å². The van der Waals surface area contributed by atoms with Gasteiger partial charge in [-0.2, -0.15) is 9.57 Å². The Bertz CT molecular complexity index is 665. The monoisotopic (exact) mass is 309 g/mol. The Hall–Kier alpha value is -1.46. The largest absolute Gasteiger partial charge is 0.374 e. The quantitative estimate of drug-likeness (QED) is 0.882. The van der Waals surface area contributed by atoms with Crippen molar-refractivity contribution in [3.8, 4) is 6.07 Å². The van der Waals surface area contributed by atoms with Crippen molar-refractivity contribution < 1.29 is 13.2 Å². The van der Waals surface area contributed by atoms with E-state index in [0.717, 1.165) is 0 Å². The number of benzene rings is 1. The van der Waals surface area contributed by atoms with E-state index in [4.69, 9.17) is 15.7 Å². The van der Waals surface area contributed by atoms with Gasteiger partial charge in [0.05, 0.1) is 29.2 Å². The van der Waals surface area contributed by atoms with E-state index in [1.54, 1.807) is 13.8 Å². The highest BCUT2D eigenvalue weighted by Gasteiger charge is 2.32. The van der Waals surface area contributed by atoms with Crippen molar-refractivity contribution in [1.82, 2.24) is 4.31 Å². The molecule has 6 nitrogen and oxygen atoms in total. The third kappa shape index (κ3) is 3.24. The Morgan fingerprint density at radius 3 is 2.81 bits per heavy atom. The molecule has 2 rings (SSSR count). The van der Waals surface area contributed by atoms with Crippen LogP contribution in [0.15, 0.2) is 23.1 Å². The van der Waals surface area contributed by atoms with Gasteiger partial charge in [-0.15, -0.1) is 0 Å². The molecule has 0 amide bonds. The highest BCUT2D eigenvalue weighted by molar-refractivity contribution is 7.89. The van der Waals surface area contributed by atoms with Crippen LogP contribution in [-0.4, -0.2) is 44.6 Å². The van der Waals surface area contributed by atoms with Crippen molar-refractivity contribution >= 4 is 10.0 Å². The van der Waals surface area contributed by atoms with E-state index in [1.807, 2.05) is 6.07 Å². The molecule has 0 saturated carbocycles. The van der Waals surface area contributed by atoms with E-state index < -0.39 is 10.0 Å². The summed E-state index contributed by atoms with van der Waals surface area (Å²) in [6.07, 6.45) is -0.298. The van der Waals surface area contributed by atoms with Crippen LogP contribution < -0.4 is 5.73 Å². The molecular weight excluding hydrogens is 290 g/mol. The molecule has 1 aliphatic heterocycles. The van der Waals surface area contributed by atoms with E-state index in [9.17, 15) is 8.42 Å². The zero-order chi connectivity index (χ0) is 15.6. The van der Waals surface area contributed by atoms with E-state index in [2.05, 4.69) is 0 Å². The maximum Gasteiger partial charge on any atom is 0.243 e. The van der Waals surface area contributed by atoms with Gasteiger partial charge >= 0.3 is 0 Å². The number of nitriles is 1. The Morgan fingerprint density at radius 2 is 2.24 bits per heavy atom. The van der Waals surface area contributed by atoms with Crippen molar-refractivity contribution in [2.45, 2.75) is 30.9 Å². The minimum absolute atomic E-state index is 0.198. The van der Waals surface area contributed by atoms with Crippen LogP contribution in [0.4, 0.5) is 0 Å². The third-order valence-electron chi connectivity index (χ3n) is 3.60. The smallest absolute Gasteiger partial charge is 0.243 e. The van der Waals surface area contributed by atoms with Crippen LogP contribution in [0.1, 0.15) is 18.1 Å². The third-order valence-corrected chi connectivity index (χ3v) is 5.46. The van der Waals surface area contributed by atoms with Gasteiger partial charge in [-0.1, -0.05) is 0 Å². The molecule has 2 atom stereocenters. The number of ether oxygens (including phenoxy) is 1. The standard InChI is InChI=1S/C14H19N3O3S/c1-10-7-13(4-3-12(10)8-15)21(18,19)17-5-6-20-14(9-17)11(2)16/h3-4,7,11,14H,5-6,9,16H2,1-2H3. The Balaban J connectivity index is 2.29. The fraction of sp³-hybridized carbons (Fsp3) is 0.500. The molecule has 2 N–H and O–H groups in total. The van der Waals surface area contributed by atoms with Crippen molar-refractivity contribution in [1.29, 1.82) is 5.26 Å². The summed E-state index contributed by atoms with van der Waals surface area (Å²) in [6, 6.07) is 6.33. The van der Waals surface area contributed by atoms with Crippen LogP contribution in [0.2, 0.25) is 0 Å². The molecule has 1 aliphatic rings. The summed E-state index contributed by atoms with van der Waals surface area (Å²) in [5.74, 6) is 0. The van der Waals surface area contributed by atoms with Crippen LogP contribution >= 0.6 is 0 Å². The normalized spacial score (nSPS) is 21.7. The lowest BCUT2D eigenvalue weighted by Gasteiger charge is -2.34. The lowest BCUT2D eigenvalue weighted by molar-refractivity contribution is -0.0120. The number of aryl methyl sites for hydroxylation is 1. The Labute approximate surface area is 125 Å². The Kier molecular flexibility index (Phi) is 4.64. The summed E-state index contributed by atoms with van der Waals surface area (Å²) in [7, 11) is -3.59. The van der Waals surface area contributed by atoms with E-state index in [1.165, 1.54) is 22.5 Å². The first-order chi connectivity index (χ1) is 9.86. The fourth-order valence-corrected chi connectivity index (χ4v) is 3.78. The number of rotatable bonds is 3. The molecule has 7 heteroatoms. The first-order valence-corrected chi connectivity index (χ1v) is 8.18. The molecule has 1 saturated heterocycles. The zero-order valence-electron chi connectivity index (χ0n) is 12.1. The molecule has 2 unspecified atom stereocenters. The van der Waals surface area contributed by atoms with Crippen LogP contribution in [-0.2, 0) is 14.8 Å². The van der Waals surface area contributed by atoms with Gasteiger partial charge in [0.1, 0.15) is 0 Å². The minimum Gasteiger partial charge on any atom is -0.374 e. The maximum atomic E-state index is 12.7. The van der Waals surface area contributed by atoms with Crippen molar-refractivity contribution in [3.63, 3.8) is 0 Å². The van der Waals surface area contributed by atoms with Crippen LogP contribution in [0, 0.1) is 18.3 Å². The van der Waals surface area contributed by atoms with Crippen molar-refractivity contribution in [2.24, 2.45) is 5.73 Å². The van der Waals surface area contributed by atoms with Gasteiger partial charge in [0.25, 0.3) is 0 Å². The number of morpholine rings is 1. The summed E-state index contributed by atoms with van der Waals surface area (Å²) >= 11 is 0. The average molecular weight is 309 g/mol. The number of sulfonamides is 1. The van der Waals surface area contributed by atoms with Gasteiger partial charge in [0, 0.05) is 19.1 Å². The van der Waals surface area contributed by atoms with E-state index >= 15 is 0 Å². The summed E-state index contributed by atoms with van der Waals surface area (Å²) < 4.78 is 32.2. The molecule has 0 aliphatic carbocycles. The molecule has 0 spiro atoms. The molecular formula is C14H19N3O3S. The predicted molar refractivity (Wildman–Crippen MR) is 78.0 cm³/mol. The Morgan fingerprint density at radius 1 is 1.52 bits per heavy atom. The van der Waals surface area contributed by atoms with Gasteiger partial charge in [-0.3, -0.25) is 0 Å². The second kappa shape index (κ2) is 6.12. The molecule has 1 aromatic carbocycles. The molecule has 0 radical (unpaired) electrons. The maximum absolute atomic E-state index is 12.7. The predicted octanol–water partition coefficient (Wildman–Crippen LogP) is 0.603. The van der Waals surface area contributed by atoms with Crippen LogP contribution in [0.25, 0.3) is 0 Å². The van der Waals surface area contributed by atoms with Gasteiger partial charge in [-0.05, 0) is 37.6 Å². The number of nitrogens with two attached hydrogens (primary N) is 1.